The minimum atomic E-state index is -0.340. The van der Waals surface area contributed by atoms with Gasteiger partial charge in [-0.3, -0.25) is 4.79 Å². The molecule has 3 N–H and O–H groups in total. The molecule has 1 unspecified atom stereocenters. The molecule has 0 aromatic heterocycles. The second-order valence-electron chi connectivity index (χ2n) is 5.45. The second-order valence-corrected chi connectivity index (χ2v) is 6.59. The lowest BCUT2D eigenvalue weighted by Crippen LogP contribution is -2.47. The number of rotatable bonds is 5. The molecular weight excluding hydrogens is 232 g/mol. The average molecular weight is 258 g/mol. The molecule has 0 heterocycles. The number of nitrogens with two attached hydrogens (primary N) is 1. The van der Waals surface area contributed by atoms with Gasteiger partial charge in [0, 0.05) is 11.3 Å². The number of hydrogen-bond donors (Lipinski definition) is 2. The van der Waals surface area contributed by atoms with Crippen molar-refractivity contribution in [1.29, 1.82) is 0 Å². The van der Waals surface area contributed by atoms with Gasteiger partial charge >= 0.3 is 0 Å². The maximum Gasteiger partial charge on any atom is 0.237 e. The lowest BCUT2D eigenvalue weighted by molar-refractivity contribution is -0.123. The molecule has 17 heavy (non-hydrogen) atoms. The molecule has 4 heteroatoms. The molecule has 0 saturated heterocycles. The third-order valence-corrected chi connectivity index (χ3v) is 4.55. The molecule has 0 bridgehead atoms. The van der Waals surface area contributed by atoms with E-state index in [2.05, 4.69) is 25.4 Å². The van der Waals surface area contributed by atoms with Crippen molar-refractivity contribution in [2.75, 3.05) is 6.26 Å². The molecule has 1 saturated carbocycles. The summed E-state index contributed by atoms with van der Waals surface area (Å²) in [6.45, 7) is 4.19. The third kappa shape index (κ3) is 5.30. The van der Waals surface area contributed by atoms with Crippen molar-refractivity contribution >= 4 is 17.7 Å². The van der Waals surface area contributed by atoms with Crippen molar-refractivity contribution < 1.29 is 4.79 Å². The van der Waals surface area contributed by atoms with Crippen LogP contribution in [0, 0.1) is 5.92 Å². The molecule has 1 amide bonds. The van der Waals surface area contributed by atoms with Crippen LogP contribution in [0.5, 0.6) is 0 Å². The lowest BCUT2D eigenvalue weighted by atomic mass is 9.94. The molecular formula is C13H26N2OS. The minimum absolute atomic E-state index is 0.0336. The molecule has 1 aliphatic carbocycles. The van der Waals surface area contributed by atoms with E-state index in [-0.39, 0.29) is 11.9 Å². The van der Waals surface area contributed by atoms with E-state index in [0.717, 1.165) is 24.5 Å². The zero-order chi connectivity index (χ0) is 12.8. The third-order valence-electron chi connectivity index (χ3n) is 3.42. The molecule has 0 radical (unpaired) electrons. The van der Waals surface area contributed by atoms with Crippen molar-refractivity contribution in [2.24, 2.45) is 11.7 Å². The molecule has 0 aromatic rings. The molecule has 0 aromatic carbocycles. The number of carbonyl (C=O) groups is 1. The Hall–Kier alpha value is -0.220. The van der Waals surface area contributed by atoms with Gasteiger partial charge in [0.25, 0.3) is 0 Å². The molecule has 1 fully saturated rings. The smallest absolute Gasteiger partial charge is 0.237 e. The molecule has 1 rings (SSSR count). The first-order valence-corrected chi connectivity index (χ1v) is 7.90. The van der Waals surface area contributed by atoms with E-state index in [1.165, 1.54) is 12.8 Å². The Labute approximate surface area is 109 Å². The standard InChI is InChI=1S/C13H26N2OS/c1-9(2)8-12(14)13(16)15-10-4-6-11(17-3)7-5-10/h9-12H,4-8,14H2,1-3H3,(H,15,16). The van der Waals surface area contributed by atoms with E-state index in [0.29, 0.717) is 12.0 Å². The van der Waals surface area contributed by atoms with E-state index >= 15 is 0 Å². The fourth-order valence-corrected chi connectivity index (χ4v) is 3.11. The number of nitrogens with one attached hydrogen (secondary N) is 1. The first-order chi connectivity index (χ1) is 8.02. The molecule has 0 aliphatic heterocycles. The van der Waals surface area contributed by atoms with Gasteiger partial charge in [0.05, 0.1) is 6.04 Å². The molecule has 1 aliphatic rings. The van der Waals surface area contributed by atoms with Crippen LogP contribution in [0.2, 0.25) is 0 Å². The predicted octanol–water partition coefficient (Wildman–Crippen LogP) is 2.15. The van der Waals surface area contributed by atoms with E-state index < -0.39 is 0 Å². The Morgan fingerprint density at radius 3 is 2.41 bits per heavy atom. The highest BCUT2D eigenvalue weighted by atomic mass is 32.2. The Morgan fingerprint density at radius 1 is 1.35 bits per heavy atom. The van der Waals surface area contributed by atoms with Gasteiger partial charge in [-0.05, 0) is 44.3 Å². The highest BCUT2D eigenvalue weighted by molar-refractivity contribution is 7.99. The highest BCUT2D eigenvalue weighted by Crippen LogP contribution is 2.26. The van der Waals surface area contributed by atoms with Crippen LogP contribution in [-0.4, -0.2) is 29.5 Å². The number of thioether (sulfide) groups is 1. The normalized spacial score (nSPS) is 26.9. The van der Waals surface area contributed by atoms with Gasteiger partial charge in [0.15, 0.2) is 0 Å². The summed E-state index contributed by atoms with van der Waals surface area (Å²) in [5, 5.41) is 3.88. The van der Waals surface area contributed by atoms with Gasteiger partial charge in [0.1, 0.15) is 0 Å². The maximum atomic E-state index is 11.9. The zero-order valence-corrected chi connectivity index (χ0v) is 12.1. The number of amides is 1. The molecule has 1 atom stereocenters. The summed E-state index contributed by atoms with van der Waals surface area (Å²) in [6.07, 6.45) is 7.57. The van der Waals surface area contributed by atoms with Crippen LogP contribution in [-0.2, 0) is 4.79 Å². The summed E-state index contributed by atoms with van der Waals surface area (Å²) in [5.41, 5.74) is 5.87. The van der Waals surface area contributed by atoms with Crippen LogP contribution in [0.4, 0.5) is 0 Å². The number of hydrogen-bond acceptors (Lipinski definition) is 3. The average Bonchev–Trinajstić information content (AvgIpc) is 2.29. The Kier molecular flexibility index (Phi) is 6.34. The topological polar surface area (TPSA) is 55.1 Å². The van der Waals surface area contributed by atoms with Gasteiger partial charge < -0.3 is 11.1 Å². The van der Waals surface area contributed by atoms with Gasteiger partial charge in [-0.15, -0.1) is 0 Å². The maximum absolute atomic E-state index is 11.9. The summed E-state index contributed by atoms with van der Waals surface area (Å²) in [5.74, 6) is 0.509. The van der Waals surface area contributed by atoms with Crippen molar-refractivity contribution in [1.82, 2.24) is 5.32 Å². The van der Waals surface area contributed by atoms with Crippen LogP contribution in [0.3, 0.4) is 0 Å². The van der Waals surface area contributed by atoms with Crippen molar-refractivity contribution in [3.8, 4) is 0 Å². The molecule has 3 nitrogen and oxygen atoms in total. The monoisotopic (exact) mass is 258 g/mol. The molecule has 0 spiro atoms. The van der Waals surface area contributed by atoms with E-state index in [4.69, 9.17) is 5.73 Å². The fourth-order valence-electron chi connectivity index (χ4n) is 2.37. The van der Waals surface area contributed by atoms with E-state index in [1.54, 1.807) is 0 Å². The van der Waals surface area contributed by atoms with Gasteiger partial charge in [-0.25, -0.2) is 0 Å². The SMILES string of the molecule is CSC1CCC(NC(=O)C(N)CC(C)C)CC1. The predicted molar refractivity (Wildman–Crippen MR) is 75.1 cm³/mol. The van der Waals surface area contributed by atoms with Crippen molar-refractivity contribution in [3.63, 3.8) is 0 Å². The Morgan fingerprint density at radius 2 is 1.94 bits per heavy atom. The zero-order valence-electron chi connectivity index (χ0n) is 11.2. The van der Waals surface area contributed by atoms with Crippen LogP contribution in [0.1, 0.15) is 46.0 Å². The van der Waals surface area contributed by atoms with E-state index in [1.807, 2.05) is 11.8 Å². The first kappa shape index (κ1) is 14.8. The van der Waals surface area contributed by atoms with Crippen LogP contribution in [0.25, 0.3) is 0 Å². The van der Waals surface area contributed by atoms with Crippen LogP contribution in [0.15, 0.2) is 0 Å². The lowest BCUT2D eigenvalue weighted by Gasteiger charge is -2.29. The summed E-state index contributed by atoms with van der Waals surface area (Å²) >= 11 is 1.94. The van der Waals surface area contributed by atoms with Gasteiger partial charge in [0.2, 0.25) is 5.91 Å². The fraction of sp³-hybridized carbons (Fsp3) is 0.923. The number of carbonyl (C=O) groups excluding carboxylic acids is 1. The minimum Gasteiger partial charge on any atom is -0.352 e. The summed E-state index contributed by atoms with van der Waals surface area (Å²) in [7, 11) is 0. The second kappa shape index (κ2) is 7.27. The summed E-state index contributed by atoms with van der Waals surface area (Å²) < 4.78 is 0. The van der Waals surface area contributed by atoms with Gasteiger partial charge in [-0.2, -0.15) is 11.8 Å². The van der Waals surface area contributed by atoms with Crippen molar-refractivity contribution in [3.05, 3.63) is 0 Å². The Balaban J connectivity index is 2.27. The summed E-state index contributed by atoms with van der Waals surface area (Å²) in [6, 6.07) is 0.0115. The van der Waals surface area contributed by atoms with Crippen molar-refractivity contribution in [2.45, 2.75) is 63.3 Å². The Bertz CT molecular complexity index is 238. The largest absolute Gasteiger partial charge is 0.352 e. The van der Waals surface area contributed by atoms with Crippen LogP contribution < -0.4 is 11.1 Å². The van der Waals surface area contributed by atoms with E-state index in [9.17, 15) is 4.79 Å². The van der Waals surface area contributed by atoms with Gasteiger partial charge in [-0.1, -0.05) is 13.8 Å². The van der Waals surface area contributed by atoms with Crippen LogP contribution >= 0.6 is 11.8 Å². The molecule has 100 valence electrons. The quantitative estimate of drug-likeness (QED) is 0.794. The summed E-state index contributed by atoms with van der Waals surface area (Å²) in [4.78, 5) is 11.9. The first-order valence-electron chi connectivity index (χ1n) is 6.61. The highest BCUT2D eigenvalue weighted by Gasteiger charge is 2.23.